The van der Waals surface area contributed by atoms with Gasteiger partial charge in [0.2, 0.25) is 5.91 Å². The van der Waals surface area contributed by atoms with Crippen LogP contribution in [0.1, 0.15) is 30.4 Å². The van der Waals surface area contributed by atoms with E-state index < -0.39 is 0 Å². The monoisotopic (exact) mass is 257 g/mol. The zero-order valence-electron chi connectivity index (χ0n) is 11.0. The first-order valence-corrected chi connectivity index (χ1v) is 6.98. The summed E-state index contributed by atoms with van der Waals surface area (Å²) >= 11 is 0. The quantitative estimate of drug-likeness (QED) is 0.786. The van der Waals surface area contributed by atoms with Crippen LogP contribution in [0.2, 0.25) is 0 Å². The van der Waals surface area contributed by atoms with Crippen molar-refractivity contribution in [1.29, 1.82) is 0 Å². The highest BCUT2D eigenvalue weighted by atomic mass is 16.3. The van der Waals surface area contributed by atoms with Crippen LogP contribution in [-0.2, 0) is 17.8 Å². The van der Waals surface area contributed by atoms with E-state index in [2.05, 4.69) is 12.2 Å². The molecule has 0 bridgehead atoms. The van der Waals surface area contributed by atoms with Gasteiger partial charge >= 0.3 is 0 Å². The molecule has 1 unspecified atom stereocenters. The Labute approximate surface area is 113 Å². The van der Waals surface area contributed by atoms with E-state index in [4.69, 9.17) is 0 Å². The number of allylic oxidation sites excluding steroid dienone is 2. The van der Waals surface area contributed by atoms with Crippen LogP contribution in [0, 0.1) is 5.92 Å². The van der Waals surface area contributed by atoms with Crippen LogP contribution in [0.25, 0.3) is 0 Å². The topological polar surface area (TPSA) is 40.5 Å². The fraction of sp³-hybridized carbons (Fsp3) is 0.438. The van der Waals surface area contributed by atoms with Crippen molar-refractivity contribution in [1.82, 2.24) is 4.90 Å². The zero-order valence-corrected chi connectivity index (χ0v) is 11.0. The Bertz CT molecular complexity index is 521. The van der Waals surface area contributed by atoms with Gasteiger partial charge in [0, 0.05) is 19.0 Å². The lowest BCUT2D eigenvalue weighted by Crippen LogP contribution is -2.40. The SMILES string of the molecule is O=C(C1CC=CCC1)N1CCc2ccc(O)cc2C1. The average molecular weight is 257 g/mol. The molecule has 1 aromatic carbocycles. The Morgan fingerprint density at radius 1 is 1.26 bits per heavy atom. The van der Waals surface area contributed by atoms with Crippen molar-refractivity contribution < 1.29 is 9.90 Å². The number of phenols is 1. The van der Waals surface area contributed by atoms with Gasteiger partial charge in [0.15, 0.2) is 0 Å². The third-order valence-corrected chi connectivity index (χ3v) is 4.13. The second kappa shape index (κ2) is 5.08. The van der Waals surface area contributed by atoms with Gasteiger partial charge in [-0.2, -0.15) is 0 Å². The van der Waals surface area contributed by atoms with E-state index in [0.717, 1.165) is 37.8 Å². The van der Waals surface area contributed by atoms with Gasteiger partial charge in [0.05, 0.1) is 0 Å². The number of aromatic hydroxyl groups is 1. The molecule has 1 atom stereocenters. The van der Waals surface area contributed by atoms with E-state index in [1.165, 1.54) is 5.56 Å². The molecule has 3 rings (SSSR count). The molecule has 0 saturated heterocycles. The lowest BCUT2D eigenvalue weighted by Gasteiger charge is -2.32. The first-order chi connectivity index (χ1) is 9.24. The van der Waals surface area contributed by atoms with E-state index in [-0.39, 0.29) is 17.6 Å². The van der Waals surface area contributed by atoms with Gasteiger partial charge in [0.25, 0.3) is 0 Å². The Kier molecular flexibility index (Phi) is 3.28. The molecule has 0 aromatic heterocycles. The molecule has 1 aliphatic heterocycles. The van der Waals surface area contributed by atoms with Crippen molar-refractivity contribution in [3.8, 4) is 5.75 Å². The summed E-state index contributed by atoms with van der Waals surface area (Å²) in [5, 5.41) is 9.55. The van der Waals surface area contributed by atoms with Crippen LogP contribution < -0.4 is 0 Å². The summed E-state index contributed by atoms with van der Waals surface area (Å²) < 4.78 is 0. The average Bonchev–Trinajstić information content (AvgIpc) is 2.46. The van der Waals surface area contributed by atoms with E-state index >= 15 is 0 Å². The second-order valence-corrected chi connectivity index (χ2v) is 5.44. The maximum absolute atomic E-state index is 12.5. The van der Waals surface area contributed by atoms with Gasteiger partial charge in [-0.05, 0) is 48.9 Å². The first-order valence-electron chi connectivity index (χ1n) is 6.98. The van der Waals surface area contributed by atoms with E-state index in [1.54, 1.807) is 12.1 Å². The maximum atomic E-state index is 12.5. The summed E-state index contributed by atoms with van der Waals surface area (Å²) in [4.78, 5) is 14.4. The van der Waals surface area contributed by atoms with Gasteiger partial charge in [-0.1, -0.05) is 18.2 Å². The fourth-order valence-corrected chi connectivity index (χ4v) is 3.01. The highest BCUT2D eigenvalue weighted by molar-refractivity contribution is 5.79. The minimum Gasteiger partial charge on any atom is -0.508 e. The van der Waals surface area contributed by atoms with Crippen LogP contribution in [-0.4, -0.2) is 22.5 Å². The summed E-state index contributed by atoms with van der Waals surface area (Å²) in [6.07, 6.45) is 8.04. The van der Waals surface area contributed by atoms with Crippen LogP contribution in [0.3, 0.4) is 0 Å². The Morgan fingerprint density at radius 3 is 2.95 bits per heavy atom. The van der Waals surface area contributed by atoms with E-state index in [1.807, 2.05) is 11.0 Å². The number of carbonyl (C=O) groups excluding carboxylic acids is 1. The largest absolute Gasteiger partial charge is 0.508 e. The van der Waals surface area contributed by atoms with E-state index in [0.29, 0.717) is 6.54 Å². The molecule has 0 fully saturated rings. The molecule has 1 N–H and O–H groups in total. The molecule has 0 radical (unpaired) electrons. The number of hydrogen-bond donors (Lipinski definition) is 1. The lowest BCUT2D eigenvalue weighted by atomic mass is 9.91. The molecule has 1 aromatic rings. The number of rotatable bonds is 1. The zero-order chi connectivity index (χ0) is 13.2. The van der Waals surface area contributed by atoms with Gasteiger partial charge in [-0.3, -0.25) is 4.79 Å². The summed E-state index contributed by atoms with van der Waals surface area (Å²) in [6.45, 7) is 1.44. The molecule has 3 heteroatoms. The number of amides is 1. The van der Waals surface area contributed by atoms with Gasteiger partial charge in [0.1, 0.15) is 5.75 Å². The van der Waals surface area contributed by atoms with Gasteiger partial charge in [-0.25, -0.2) is 0 Å². The predicted molar refractivity (Wildman–Crippen MR) is 73.7 cm³/mol. The molecule has 1 aliphatic carbocycles. The highest BCUT2D eigenvalue weighted by Crippen LogP contribution is 2.26. The molecule has 1 heterocycles. The molecule has 1 amide bonds. The highest BCUT2D eigenvalue weighted by Gasteiger charge is 2.27. The maximum Gasteiger partial charge on any atom is 0.226 e. The molecule has 0 spiro atoms. The Balaban J connectivity index is 1.74. The summed E-state index contributed by atoms with van der Waals surface area (Å²) in [5.41, 5.74) is 2.34. The van der Waals surface area contributed by atoms with Crippen molar-refractivity contribution in [3.05, 3.63) is 41.5 Å². The standard InChI is InChI=1S/C16H19NO2/c18-15-7-6-12-8-9-17(11-14(12)10-15)16(19)13-4-2-1-3-5-13/h1-2,6-7,10,13,18H,3-5,8-9,11H2. The van der Waals surface area contributed by atoms with Crippen molar-refractivity contribution in [3.63, 3.8) is 0 Å². The Morgan fingerprint density at radius 2 is 2.16 bits per heavy atom. The van der Waals surface area contributed by atoms with E-state index in [9.17, 15) is 9.90 Å². The first kappa shape index (κ1) is 12.3. The van der Waals surface area contributed by atoms with Crippen molar-refractivity contribution in [2.24, 2.45) is 5.92 Å². The molecular formula is C16H19NO2. The summed E-state index contributed by atoms with van der Waals surface area (Å²) in [6, 6.07) is 5.48. The predicted octanol–water partition coefficient (Wildman–Crippen LogP) is 2.63. The lowest BCUT2D eigenvalue weighted by molar-refractivity contribution is -0.136. The molecule has 2 aliphatic rings. The van der Waals surface area contributed by atoms with Crippen LogP contribution in [0.15, 0.2) is 30.4 Å². The van der Waals surface area contributed by atoms with Gasteiger partial charge in [-0.15, -0.1) is 0 Å². The number of hydrogen-bond acceptors (Lipinski definition) is 2. The smallest absolute Gasteiger partial charge is 0.226 e. The fourth-order valence-electron chi connectivity index (χ4n) is 3.01. The van der Waals surface area contributed by atoms with Gasteiger partial charge < -0.3 is 10.0 Å². The molecule has 3 nitrogen and oxygen atoms in total. The van der Waals surface area contributed by atoms with Crippen molar-refractivity contribution in [2.45, 2.75) is 32.2 Å². The third-order valence-electron chi connectivity index (χ3n) is 4.13. The minimum absolute atomic E-state index is 0.156. The molecule has 19 heavy (non-hydrogen) atoms. The molecule has 0 saturated carbocycles. The summed E-state index contributed by atoms with van der Waals surface area (Å²) in [5.74, 6) is 0.718. The van der Waals surface area contributed by atoms with Crippen LogP contribution >= 0.6 is 0 Å². The third kappa shape index (κ3) is 2.50. The normalized spacial score (nSPS) is 22.1. The van der Waals surface area contributed by atoms with Crippen molar-refractivity contribution >= 4 is 5.91 Å². The number of phenolic OH excluding ortho intramolecular Hbond substituents is 1. The molecular weight excluding hydrogens is 238 g/mol. The summed E-state index contributed by atoms with van der Waals surface area (Å²) in [7, 11) is 0. The number of carbonyl (C=O) groups is 1. The second-order valence-electron chi connectivity index (χ2n) is 5.44. The molecule has 100 valence electrons. The van der Waals surface area contributed by atoms with Crippen LogP contribution in [0.4, 0.5) is 0 Å². The number of benzene rings is 1. The number of nitrogens with zero attached hydrogens (tertiary/aromatic N) is 1. The minimum atomic E-state index is 0.156. The number of fused-ring (bicyclic) bond motifs is 1. The Hall–Kier alpha value is -1.77. The van der Waals surface area contributed by atoms with Crippen molar-refractivity contribution in [2.75, 3.05) is 6.54 Å². The van der Waals surface area contributed by atoms with Crippen LogP contribution in [0.5, 0.6) is 5.75 Å².